The minimum atomic E-state index is -5.29. The summed E-state index contributed by atoms with van der Waals surface area (Å²) in [5.74, 6) is 0. The Bertz CT molecular complexity index is 584. The Kier molecular flexibility index (Phi) is 4.53. The molecule has 0 saturated heterocycles. The summed E-state index contributed by atoms with van der Waals surface area (Å²) < 4.78 is 73.7. The molecule has 1 aromatic heterocycles. The quantitative estimate of drug-likeness (QED) is 0.586. The van der Waals surface area contributed by atoms with Crippen molar-refractivity contribution in [3.63, 3.8) is 0 Å². The van der Waals surface area contributed by atoms with Crippen LogP contribution in [0.2, 0.25) is 0 Å². The fraction of sp³-hybridized carbons (Fsp3) is 0. The molecule has 0 amide bonds. The number of rotatable bonds is 6. The maximum Gasteiger partial charge on any atom is 0.467 e. The van der Waals surface area contributed by atoms with Crippen LogP contribution in [0, 0.1) is 0 Å². The van der Waals surface area contributed by atoms with Crippen LogP contribution in [0.5, 0.6) is 5.19 Å². The number of hydrogen-bond acceptors (Lipinski definition) is 11. The van der Waals surface area contributed by atoms with Crippen molar-refractivity contribution in [1.29, 1.82) is 0 Å². The second kappa shape index (κ2) is 5.34. The second-order valence-corrected chi connectivity index (χ2v) is 6.19. The highest BCUT2D eigenvalue weighted by molar-refractivity contribution is 7.99. The first-order valence-electron chi connectivity index (χ1n) is 3.29. The van der Waals surface area contributed by atoms with Crippen molar-refractivity contribution in [2.45, 2.75) is 0 Å². The highest BCUT2D eigenvalue weighted by Gasteiger charge is 2.27. The minimum Gasteiger partial charge on any atom is -0.749 e. The summed E-state index contributed by atoms with van der Waals surface area (Å²) in [7, 11) is -10.3. The molecular weight excluding hydrogens is 322 g/mol. The Morgan fingerprint density at radius 1 is 1.29 bits per heavy atom. The highest BCUT2D eigenvalue weighted by Crippen LogP contribution is 2.17. The molecule has 17 heavy (non-hydrogen) atoms. The molecular formula is C3H2NO9S4-. The molecule has 0 bridgehead atoms. The fourth-order valence-electron chi connectivity index (χ4n) is 0.534. The summed E-state index contributed by atoms with van der Waals surface area (Å²) >= 11 is -2.76. The Morgan fingerprint density at radius 3 is 2.41 bits per heavy atom. The van der Waals surface area contributed by atoms with Crippen LogP contribution in [-0.4, -0.2) is 30.6 Å². The van der Waals surface area contributed by atoms with E-state index in [-0.39, 0.29) is 0 Å². The molecule has 1 unspecified atom stereocenters. The number of aromatic nitrogens is 1. The molecule has 1 atom stereocenters. The lowest BCUT2D eigenvalue weighted by atomic mass is 11.0. The van der Waals surface area contributed by atoms with Crippen LogP contribution in [0.3, 0.4) is 0 Å². The summed E-state index contributed by atoms with van der Waals surface area (Å²) in [5.41, 5.74) is 0. The van der Waals surface area contributed by atoms with Crippen LogP contribution >= 0.6 is 11.3 Å². The molecule has 0 spiro atoms. The van der Waals surface area contributed by atoms with Crippen LogP contribution in [0.25, 0.3) is 0 Å². The molecule has 0 fully saturated rings. The predicted octanol–water partition coefficient (Wildman–Crippen LogP) is -1.16. The van der Waals surface area contributed by atoms with E-state index in [1.54, 1.807) is 0 Å². The Hall–Kier alpha value is -0.640. The third kappa shape index (κ3) is 5.48. The van der Waals surface area contributed by atoms with Gasteiger partial charge in [0.2, 0.25) is 0 Å². The third-order valence-corrected chi connectivity index (χ3v) is 4.45. The zero-order valence-corrected chi connectivity index (χ0v) is 10.7. The lowest BCUT2D eigenvalue weighted by molar-refractivity contribution is 0.345. The number of hydrogen-bond donors (Lipinski definition) is 0. The SMILES string of the molecule is O=S([O-])OS(=O)(=O)OS(=O)(=O)Oc1nccs1. The normalized spacial score (nSPS) is 14.4. The van der Waals surface area contributed by atoms with E-state index >= 15 is 0 Å². The first kappa shape index (κ1) is 14.4. The van der Waals surface area contributed by atoms with Gasteiger partial charge in [-0.1, -0.05) is 15.0 Å². The second-order valence-electron chi connectivity index (χ2n) is 2.04. The number of nitrogens with zero attached hydrogens (tertiary/aromatic N) is 1. The fourth-order valence-corrected chi connectivity index (χ4v) is 3.29. The molecule has 0 aliphatic carbocycles. The average Bonchev–Trinajstić information content (AvgIpc) is 2.49. The van der Waals surface area contributed by atoms with Crippen LogP contribution in [0.15, 0.2) is 11.6 Å². The van der Waals surface area contributed by atoms with E-state index in [1.807, 2.05) is 0 Å². The van der Waals surface area contributed by atoms with Crippen molar-refractivity contribution in [2.24, 2.45) is 0 Å². The van der Waals surface area contributed by atoms with Gasteiger partial charge < -0.3 is 8.74 Å². The smallest absolute Gasteiger partial charge is 0.467 e. The van der Waals surface area contributed by atoms with Gasteiger partial charge in [-0.05, 0) is 0 Å². The van der Waals surface area contributed by atoms with Crippen molar-refractivity contribution in [2.75, 3.05) is 0 Å². The van der Waals surface area contributed by atoms with Crippen molar-refractivity contribution >= 4 is 43.5 Å². The van der Waals surface area contributed by atoms with E-state index in [9.17, 15) is 25.6 Å². The van der Waals surface area contributed by atoms with Gasteiger partial charge in [-0.2, -0.15) is 20.5 Å². The molecule has 0 N–H and O–H groups in total. The van der Waals surface area contributed by atoms with Crippen molar-refractivity contribution in [3.05, 3.63) is 11.6 Å². The monoisotopic (exact) mass is 324 g/mol. The lowest BCUT2D eigenvalue weighted by Crippen LogP contribution is -2.20. The van der Waals surface area contributed by atoms with E-state index in [0.717, 1.165) is 11.3 Å². The molecule has 0 radical (unpaired) electrons. The summed E-state index contributed by atoms with van der Waals surface area (Å²) in [4.78, 5) is 3.37. The summed E-state index contributed by atoms with van der Waals surface area (Å²) in [5, 5.41) is 0.936. The lowest BCUT2D eigenvalue weighted by Gasteiger charge is -2.05. The van der Waals surface area contributed by atoms with E-state index in [0.29, 0.717) is 0 Å². The molecule has 0 aliphatic rings. The maximum absolute atomic E-state index is 11.0. The van der Waals surface area contributed by atoms with Gasteiger partial charge in [-0.3, -0.25) is 0 Å². The third-order valence-electron chi connectivity index (χ3n) is 0.889. The Labute approximate surface area is 102 Å². The zero-order chi connectivity index (χ0) is 13.1. The summed E-state index contributed by atoms with van der Waals surface area (Å²) in [6.45, 7) is 0. The molecule has 1 aromatic rings. The van der Waals surface area contributed by atoms with Gasteiger partial charge in [-0.25, -0.2) is 9.19 Å². The van der Waals surface area contributed by atoms with Crippen LogP contribution in [-0.2, 0) is 39.4 Å². The Balaban J connectivity index is 2.77. The molecule has 10 nitrogen and oxygen atoms in total. The van der Waals surface area contributed by atoms with Gasteiger partial charge in [0, 0.05) is 11.6 Å². The molecule has 14 heteroatoms. The maximum atomic E-state index is 11.0. The van der Waals surface area contributed by atoms with Gasteiger partial charge >= 0.3 is 20.8 Å². The highest BCUT2D eigenvalue weighted by atomic mass is 32.3. The standard InChI is InChI=1S/C3H3NO9S4/c5-15(6)12-17(9,10)13-16(7,8)11-3-4-1-2-14-3/h1-2H,(H,5,6)/p-1. The van der Waals surface area contributed by atoms with Crippen LogP contribution in [0.4, 0.5) is 0 Å². The molecule has 0 aromatic carbocycles. The van der Waals surface area contributed by atoms with Gasteiger partial charge in [0.15, 0.2) is 0 Å². The van der Waals surface area contributed by atoms with Gasteiger partial charge in [0.05, 0.1) is 0 Å². The largest absolute Gasteiger partial charge is 0.749 e. The number of thiazole rings is 1. The Morgan fingerprint density at radius 2 is 1.94 bits per heavy atom. The molecule has 1 heterocycles. The van der Waals surface area contributed by atoms with E-state index in [1.165, 1.54) is 11.6 Å². The van der Waals surface area contributed by atoms with E-state index in [4.69, 9.17) is 0 Å². The predicted molar refractivity (Wildman–Crippen MR) is 51.7 cm³/mol. The average molecular weight is 324 g/mol. The van der Waals surface area contributed by atoms with Gasteiger partial charge in [0.1, 0.15) is 11.4 Å². The first-order chi connectivity index (χ1) is 7.70. The van der Waals surface area contributed by atoms with Gasteiger partial charge in [-0.15, -0.1) is 0 Å². The van der Waals surface area contributed by atoms with Crippen molar-refractivity contribution in [3.8, 4) is 5.19 Å². The van der Waals surface area contributed by atoms with Crippen molar-refractivity contribution < 1.29 is 37.0 Å². The summed E-state index contributed by atoms with van der Waals surface area (Å²) in [6.07, 6.45) is 1.19. The van der Waals surface area contributed by atoms with Crippen LogP contribution in [0.1, 0.15) is 0 Å². The minimum absolute atomic E-state index is 0.413. The molecule has 0 saturated carbocycles. The topological polar surface area (TPSA) is 149 Å². The first-order valence-corrected chi connectivity index (χ1v) is 7.84. The molecule has 98 valence electrons. The zero-order valence-electron chi connectivity index (χ0n) is 7.41. The molecule has 0 aliphatic heterocycles. The van der Waals surface area contributed by atoms with Crippen LogP contribution < -0.4 is 4.18 Å². The van der Waals surface area contributed by atoms with Crippen molar-refractivity contribution in [1.82, 2.24) is 4.98 Å². The van der Waals surface area contributed by atoms with Gasteiger partial charge in [0.25, 0.3) is 5.19 Å². The van der Waals surface area contributed by atoms with E-state index < -0.39 is 37.4 Å². The molecule has 1 rings (SSSR count). The van der Waals surface area contributed by atoms with E-state index in [2.05, 4.69) is 16.4 Å². The summed E-state index contributed by atoms with van der Waals surface area (Å²) in [6, 6.07) is 0.